The summed E-state index contributed by atoms with van der Waals surface area (Å²) in [4.78, 5) is 22.7. The molecule has 0 radical (unpaired) electrons. The zero-order valence-corrected chi connectivity index (χ0v) is 14.8. The standard InChI is InChI=1S/C17H24N6O2/c1-12-6-13(2)23(21-12)10-17(24)19-8-14-7-15(25-3)9-22(14)16-4-5-18-11-20-16/h4-6,11,14-15H,7-10H2,1-3H3,(H,19,24)/t14-,15-/m1/s1. The number of amides is 1. The van der Waals surface area contributed by atoms with Gasteiger partial charge in [-0.05, 0) is 32.4 Å². The number of carbonyl (C=O) groups excluding carboxylic acids is 1. The molecule has 1 N–H and O–H groups in total. The van der Waals surface area contributed by atoms with Crippen LogP contribution in [0.15, 0.2) is 24.7 Å². The van der Waals surface area contributed by atoms with Crippen molar-refractivity contribution in [2.24, 2.45) is 0 Å². The summed E-state index contributed by atoms with van der Waals surface area (Å²) < 4.78 is 7.22. The lowest BCUT2D eigenvalue weighted by Gasteiger charge is -2.25. The number of methoxy groups -OCH3 is 1. The van der Waals surface area contributed by atoms with Crippen LogP contribution in [0.25, 0.3) is 0 Å². The fourth-order valence-electron chi connectivity index (χ4n) is 3.23. The molecule has 0 unspecified atom stereocenters. The van der Waals surface area contributed by atoms with Crippen LogP contribution in [0.4, 0.5) is 5.82 Å². The van der Waals surface area contributed by atoms with E-state index in [-0.39, 0.29) is 24.6 Å². The number of anilines is 1. The smallest absolute Gasteiger partial charge is 0.241 e. The first-order valence-electron chi connectivity index (χ1n) is 8.40. The Balaban J connectivity index is 1.60. The highest BCUT2D eigenvalue weighted by Crippen LogP contribution is 2.24. The van der Waals surface area contributed by atoms with Crippen LogP contribution in [0.1, 0.15) is 17.8 Å². The van der Waals surface area contributed by atoms with Gasteiger partial charge in [-0.1, -0.05) is 0 Å². The monoisotopic (exact) mass is 344 g/mol. The molecule has 0 aromatic carbocycles. The highest BCUT2D eigenvalue weighted by atomic mass is 16.5. The first-order valence-corrected chi connectivity index (χ1v) is 8.40. The average Bonchev–Trinajstić information content (AvgIpc) is 3.16. The number of rotatable bonds is 6. The van der Waals surface area contributed by atoms with Crippen molar-refractivity contribution < 1.29 is 9.53 Å². The number of carbonyl (C=O) groups is 1. The Bertz CT molecular complexity index is 717. The summed E-state index contributed by atoms with van der Waals surface area (Å²) in [5.74, 6) is 0.807. The summed E-state index contributed by atoms with van der Waals surface area (Å²) in [6.45, 7) is 5.40. The molecule has 8 heteroatoms. The van der Waals surface area contributed by atoms with Crippen LogP contribution in [0, 0.1) is 13.8 Å². The van der Waals surface area contributed by atoms with Gasteiger partial charge in [0.15, 0.2) is 0 Å². The Kier molecular flexibility index (Phi) is 5.28. The lowest BCUT2D eigenvalue weighted by Crippen LogP contribution is -2.41. The lowest BCUT2D eigenvalue weighted by atomic mass is 10.2. The molecule has 0 bridgehead atoms. The van der Waals surface area contributed by atoms with E-state index >= 15 is 0 Å². The van der Waals surface area contributed by atoms with E-state index in [2.05, 4.69) is 25.3 Å². The number of hydrogen-bond acceptors (Lipinski definition) is 6. The molecule has 2 atom stereocenters. The second kappa shape index (κ2) is 7.60. The van der Waals surface area contributed by atoms with Gasteiger partial charge in [0.05, 0.1) is 17.8 Å². The van der Waals surface area contributed by atoms with Gasteiger partial charge in [0.25, 0.3) is 0 Å². The maximum absolute atomic E-state index is 12.3. The summed E-state index contributed by atoms with van der Waals surface area (Å²) in [7, 11) is 1.71. The number of nitrogens with one attached hydrogen (secondary N) is 1. The second-order valence-electron chi connectivity index (χ2n) is 6.36. The first kappa shape index (κ1) is 17.3. The fraction of sp³-hybridized carbons (Fsp3) is 0.529. The number of aromatic nitrogens is 4. The minimum atomic E-state index is -0.0466. The molecule has 3 heterocycles. The van der Waals surface area contributed by atoms with Gasteiger partial charge in [-0.3, -0.25) is 9.48 Å². The first-order chi connectivity index (χ1) is 12.1. The van der Waals surface area contributed by atoms with Gasteiger partial charge >= 0.3 is 0 Å². The topological polar surface area (TPSA) is 85.2 Å². The summed E-state index contributed by atoms with van der Waals surface area (Å²) in [6.07, 6.45) is 4.24. The predicted octanol–water partition coefficient (Wildman–Crippen LogP) is 0.700. The lowest BCUT2D eigenvalue weighted by molar-refractivity contribution is -0.121. The molecule has 3 rings (SSSR count). The van der Waals surface area contributed by atoms with Crippen LogP contribution >= 0.6 is 0 Å². The van der Waals surface area contributed by atoms with E-state index in [9.17, 15) is 4.79 Å². The Labute approximate surface area is 147 Å². The van der Waals surface area contributed by atoms with E-state index in [1.165, 1.54) is 6.33 Å². The SMILES string of the molecule is CO[C@@H]1C[C@H](CNC(=O)Cn2nc(C)cc2C)N(c2ccncn2)C1. The summed E-state index contributed by atoms with van der Waals surface area (Å²) >= 11 is 0. The van der Waals surface area contributed by atoms with E-state index in [0.717, 1.165) is 30.2 Å². The highest BCUT2D eigenvalue weighted by molar-refractivity contribution is 5.75. The largest absolute Gasteiger partial charge is 0.380 e. The molecule has 0 aliphatic carbocycles. The normalized spacial score (nSPS) is 20.0. The predicted molar refractivity (Wildman–Crippen MR) is 93.3 cm³/mol. The van der Waals surface area contributed by atoms with Crippen LogP contribution in [0.2, 0.25) is 0 Å². The van der Waals surface area contributed by atoms with Gasteiger partial charge in [0.2, 0.25) is 5.91 Å². The minimum absolute atomic E-state index is 0.0466. The van der Waals surface area contributed by atoms with Crippen molar-refractivity contribution >= 4 is 11.7 Å². The van der Waals surface area contributed by atoms with Gasteiger partial charge < -0.3 is 15.0 Å². The van der Waals surface area contributed by atoms with Gasteiger partial charge in [-0.2, -0.15) is 5.10 Å². The number of hydrogen-bond donors (Lipinski definition) is 1. The number of nitrogens with zero attached hydrogens (tertiary/aromatic N) is 5. The van der Waals surface area contributed by atoms with Crippen molar-refractivity contribution in [3.8, 4) is 0 Å². The van der Waals surface area contributed by atoms with Crippen LogP contribution in [-0.2, 0) is 16.1 Å². The Morgan fingerprint density at radius 1 is 1.44 bits per heavy atom. The van der Waals surface area contributed by atoms with E-state index in [4.69, 9.17) is 4.74 Å². The second-order valence-corrected chi connectivity index (χ2v) is 6.36. The molecule has 25 heavy (non-hydrogen) atoms. The van der Waals surface area contributed by atoms with Crippen molar-refractivity contribution in [2.75, 3.05) is 25.1 Å². The molecule has 8 nitrogen and oxygen atoms in total. The van der Waals surface area contributed by atoms with Crippen molar-refractivity contribution in [2.45, 2.75) is 39.0 Å². The number of aryl methyl sites for hydroxylation is 2. The van der Waals surface area contributed by atoms with E-state index < -0.39 is 0 Å². The zero-order valence-electron chi connectivity index (χ0n) is 14.8. The van der Waals surface area contributed by atoms with Crippen LogP contribution in [0.3, 0.4) is 0 Å². The maximum atomic E-state index is 12.3. The number of ether oxygens (including phenoxy) is 1. The molecule has 1 amide bonds. The maximum Gasteiger partial charge on any atom is 0.241 e. The third-order valence-electron chi connectivity index (χ3n) is 4.50. The molecule has 1 saturated heterocycles. The van der Waals surface area contributed by atoms with Crippen LogP contribution < -0.4 is 10.2 Å². The van der Waals surface area contributed by atoms with Crippen molar-refractivity contribution in [3.63, 3.8) is 0 Å². The Morgan fingerprint density at radius 2 is 2.28 bits per heavy atom. The summed E-state index contributed by atoms with van der Waals surface area (Å²) in [6, 6.07) is 3.98. The quantitative estimate of drug-likeness (QED) is 0.830. The Hall–Kier alpha value is -2.48. The summed E-state index contributed by atoms with van der Waals surface area (Å²) in [5, 5.41) is 7.34. The van der Waals surface area contributed by atoms with Gasteiger partial charge in [-0.25, -0.2) is 9.97 Å². The molecule has 0 saturated carbocycles. The highest BCUT2D eigenvalue weighted by Gasteiger charge is 2.33. The molecule has 1 fully saturated rings. The molecule has 2 aromatic rings. The van der Waals surface area contributed by atoms with E-state index in [0.29, 0.717) is 6.54 Å². The van der Waals surface area contributed by atoms with E-state index in [1.54, 1.807) is 18.0 Å². The van der Waals surface area contributed by atoms with Gasteiger partial charge in [0, 0.05) is 32.1 Å². The van der Waals surface area contributed by atoms with E-state index in [1.807, 2.05) is 26.0 Å². The molecule has 2 aromatic heterocycles. The molecular formula is C17H24N6O2. The third kappa shape index (κ3) is 4.14. The van der Waals surface area contributed by atoms with Gasteiger partial charge in [0.1, 0.15) is 18.7 Å². The van der Waals surface area contributed by atoms with Gasteiger partial charge in [-0.15, -0.1) is 0 Å². The molecule has 134 valence electrons. The van der Waals surface area contributed by atoms with Crippen LogP contribution in [-0.4, -0.2) is 58.0 Å². The van der Waals surface area contributed by atoms with Crippen molar-refractivity contribution in [1.29, 1.82) is 0 Å². The van der Waals surface area contributed by atoms with Crippen LogP contribution in [0.5, 0.6) is 0 Å². The molecular weight excluding hydrogens is 320 g/mol. The Morgan fingerprint density at radius 3 is 2.92 bits per heavy atom. The molecule has 1 aliphatic rings. The zero-order chi connectivity index (χ0) is 17.8. The van der Waals surface area contributed by atoms with Crippen molar-refractivity contribution in [3.05, 3.63) is 36.0 Å². The minimum Gasteiger partial charge on any atom is -0.380 e. The fourth-order valence-corrected chi connectivity index (χ4v) is 3.23. The summed E-state index contributed by atoms with van der Waals surface area (Å²) in [5.41, 5.74) is 1.90. The molecule has 0 spiro atoms. The molecule has 1 aliphatic heterocycles. The average molecular weight is 344 g/mol. The third-order valence-corrected chi connectivity index (χ3v) is 4.50. The van der Waals surface area contributed by atoms with Crippen molar-refractivity contribution in [1.82, 2.24) is 25.1 Å².